The van der Waals surface area contributed by atoms with E-state index in [2.05, 4.69) is 20.3 Å². The van der Waals surface area contributed by atoms with Crippen LogP contribution in [0.3, 0.4) is 0 Å². The highest BCUT2D eigenvalue weighted by atomic mass is 16.3. The molecule has 0 saturated heterocycles. The van der Waals surface area contributed by atoms with E-state index in [0.29, 0.717) is 24.2 Å². The van der Waals surface area contributed by atoms with Crippen molar-refractivity contribution in [3.05, 3.63) is 58.2 Å². The second-order valence-corrected chi connectivity index (χ2v) is 6.35. The first-order chi connectivity index (χ1) is 12.6. The third-order valence-corrected chi connectivity index (χ3v) is 4.81. The van der Waals surface area contributed by atoms with E-state index in [1.165, 1.54) is 0 Å². The van der Waals surface area contributed by atoms with E-state index in [4.69, 9.17) is 5.73 Å². The summed E-state index contributed by atoms with van der Waals surface area (Å²) in [6.07, 6.45) is 0.547. The van der Waals surface area contributed by atoms with Crippen LogP contribution < -0.4 is 21.6 Å². The van der Waals surface area contributed by atoms with Gasteiger partial charge in [0, 0.05) is 23.2 Å². The maximum Gasteiger partial charge on any atom is 0.251 e. The molecule has 0 bridgehead atoms. The molecule has 1 amide bonds. The Kier molecular flexibility index (Phi) is 2.94. The molecule has 0 fully saturated rings. The predicted molar refractivity (Wildman–Crippen MR) is 96.4 cm³/mol. The second-order valence-electron chi connectivity index (χ2n) is 6.35. The molecule has 7 heteroatoms. The van der Waals surface area contributed by atoms with Crippen LogP contribution >= 0.6 is 0 Å². The summed E-state index contributed by atoms with van der Waals surface area (Å²) in [5.74, 6) is -0.184. The smallest absolute Gasteiger partial charge is 0.251 e. The summed E-state index contributed by atoms with van der Waals surface area (Å²) in [5, 5.41) is 14.6. The van der Waals surface area contributed by atoms with Gasteiger partial charge in [0.2, 0.25) is 11.8 Å². The van der Waals surface area contributed by atoms with Gasteiger partial charge in [-0.3, -0.25) is 4.79 Å². The number of aromatic hydroxyl groups is 1. The second kappa shape index (κ2) is 5.19. The molecule has 0 radical (unpaired) electrons. The number of H-pyrrole nitrogens is 1. The summed E-state index contributed by atoms with van der Waals surface area (Å²) in [6, 6.07) is 11.6. The van der Waals surface area contributed by atoms with E-state index in [9.17, 15) is 9.90 Å². The molecule has 2 aliphatic rings. The number of para-hydroxylation sites is 1. The van der Waals surface area contributed by atoms with Gasteiger partial charge in [-0.2, -0.15) is 4.98 Å². The van der Waals surface area contributed by atoms with E-state index in [-0.39, 0.29) is 17.7 Å². The maximum atomic E-state index is 12.6. The third-order valence-electron chi connectivity index (χ3n) is 4.81. The fourth-order valence-electron chi connectivity index (χ4n) is 3.65. The number of hydrogen-bond acceptors (Lipinski definition) is 5. The number of aromatic amines is 1. The first-order valence-electron chi connectivity index (χ1n) is 8.30. The van der Waals surface area contributed by atoms with Crippen LogP contribution in [0.2, 0.25) is 0 Å². The summed E-state index contributed by atoms with van der Waals surface area (Å²) < 4.78 is 0. The van der Waals surface area contributed by atoms with Crippen LogP contribution in [0.25, 0.3) is 16.7 Å². The summed E-state index contributed by atoms with van der Waals surface area (Å²) in [4.78, 5) is 23.9. The van der Waals surface area contributed by atoms with Crippen molar-refractivity contribution in [1.29, 1.82) is 0 Å². The average molecular weight is 345 g/mol. The molecule has 0 saturated carbocycles. The molecule has 0 aliphatic carbocycles. The van der Waals surface area contributed by atoms with Crippen LogP contribution in [0.15, 0.2) is 41.4 Å². The lowest BCUT2D eigenvalue weighted by atomic mass is 9.97. The standard InChI is InChI=1S/C19H15N5O2/c20-19-23-16(18(26)24-19)10-5-6-21-17(25)13-8-15-12(7-11(10)13)9-3-1-2-4-14(9)22-15/h1-4,7-8,26H,5-6H2,(H,21,25)(H3,20,23,24). The summed E-state index contributed by atoms with van der Waals surface area (Å²) in [5.41, 5.74) is 10.4. The Bertz CT molecular complexity index is 1210. The van der Waals surface area contributed by atoms with Crippen LogP contribution in [0.1, 0.15) is 22.5 Å². The molecular formula is C19H15N5O2. The number of anilines is 1. The van der Waals surface area contributed by atoms with Crippen molar-refractivity contribution in [3.8, 4) is 17.0 Å². The number of imidazole rings is 1. The highest BCUT2D eigenvalue weighted by molar-refractivity contribution is 5.97. The highest BCUT2D eigenvalue weighted by Crippen LogP contribution is 2.32. The van der Waals surface area contributed by atoms with Gasteiger partial charge in [-0.15, -0.1) is 0 Å². The van der Waals surface area contributed by atoms with Crippen molar-refractivity contribution in [1.82, 2.24) is 15.3 Å². The molecule has 2 aromatic carbocycles. The Labute approximate surface area is 147 Å². The number of carbonyl (C=O) groups excluding carboxylic acids is 1. The lowest BCUT2D eigenvalue weighted by Gasteiger charge is -2.06. The molecule has 3 aromatic rings. The zero-order valence-electron chi connectivity index (χ0n) is 13.7. The van der Waals surface area contributed by atoms with Crippen LogP contribution in [0, 0.1) is 0 Å². The topological polar surface area (TPSA) is 116 Å². The van der Waals surface area contributed by atoms with Gasteiger partial charge < -0.3 is 21.1 Å². The first kappa shape index (κ1) is 14.7. The Balaban J connectivity index is 1.88. The first-order valence-corrected chi connectivity index (χ1v) is 8.30. The number of nitrogens with two attached hydrogens (primary N) is 1. The molecule has 26 heavy (non-hydrogen) atoms. The molecule has 3 heterocycles. The predicted octanol–water partition coefficient (Wildman–Crippen LogP) is 0.962. The van der Waals surface area contributed by atoms with Crippen LogP contribution in [-0.4, -0.2) is 27.5 Å². The van der Waals surface area contributed by atoms with Gasteiger partial charge in [-0.25, -0.2) is 4.99 Å². The molecule has 5 N–H and O–H groups in total. The molecule has 2 aliphatic heterocycles. The SMILES string of the molecule is Nc1nc(O)c(C2=c3cc4c(cc3C(=O)NCC2)=Nc2ccccc2-4)[nH]1. The number of aromatic nitrogens is 2. The average Bonchev–Trinajstić information content (AvgIpc) is 3.11. The fourth-order valence-corrected chi connectivity index (χ4v) is 3.65. The van der Waals surface area contributed by atoms with Crippen molar-refractivity contribution in [3.63, 3.8) is 0 Å². The third kappa shape index (κ3) is 2.03. The number of benzene rings is 2. The number of nitrogens with one attached hydrogen (secondary N) is 2. The maximum absolute atomic E-state index is 12.6. The van der Waals surface area contributed by atoms with Gasteiger partial charge in [0.25, 0.3) is 5.91 Å². The van der Waals surface area contributed by atoms with E-state index < -0.39 is 0 Å². The minimum Gasteiger partial charge on any atom is -0.492 e. The van der Waals surface area contributed by atoms with Crippen molar-refractivity contribution in [2.75, 3.05) is 12.3 Å². The minimum absolute atomic E-state index is 0.136. The Morgan fingerprint density at radius 2 is 1.96 bits per heavy atom. The minimum atomic E-state index is -0.164. The largest absolute Gasteiger partial charge is 0.492 e. The summed E-state index contributed by atoms with van der Waals surface area (Å²) in [6.45, 7) is 0.458. The number of fused-ring (bicyclic) bond motifs is 4. The quantitative estimate of drug-likeness (QED) is 0.411. The van der Waals surface area contributed by atoms with Crippen molar-refractivity contribution >= 4 is 23.1 Å². The number of carbonyl (C=O) groups is 1. The molecule has 7 nitrogen and oxygen atoms in total. The number of rotatable bonds is 1. The summed E-state index contributed by atoms with van der Waals surface area (Å²) in [7, 11) is 0. The number of hydrogen-bond donors (Lipinski definition) is 4. The van der Waals surface area contributed by atoms with Gasteiger partial charge in [0.15, 0.2) is 0 Å². The summed E-state index contributed by atoms with van der Waals surface area (Å²) >= 11 is 0. The Morgan fingerprint density at radius 1 is 1.12 bits per heavy atom. The lowest BCUT2D eigenvalue weighted by molar-refractivity contribution is 0.0955. The number of amides is 1. The Hall–Kier alpha value is -3.61. The van der Waals surface area contributed by atoms with Gasteiger partial charge in [0.1, 0.15) is 5.69 Å². The number of nitrogens with zero attached hydrogens (tertiary/aromatic N) is 2. The van der Waals surface area contributed by atoms with E-state index >= 15 is 0 Å². The van der Waals surface area contributed by atoms with Crippen LogP contribution in [0.4, 0.5) is 11.6 Å². The van der Waals surface area contributed by atoms with Gasteiger partial charge >= 0.3 is 0 Å². The zero-order valence-corrected chi connectivity index (χ0v) is 13.7. The highest BCUT2D eigenvalue weighted by Gasteiger charge is 2.23. The van der Waals surface area contributed by atoms with Gasteiger partial charge in [-0.1, -0.05) is 18.2 Å². The van der Waals surface area contributed by atoms with E-state index in [1.807, 2.05) is 36.4 Å². The van der Waals surface area contributed by atoms with Gasteiger partial charge in [-0.05, 0) is 35.4 Å². The molecular weight excluding hydrogens is 330 g/mol. The molecule has 0 unspecified atom stereocenters. The van der Waals surface area contributed by atoms with Crippen molar-refractivity contribution < 1.29 is 9.90 Å². The Morgan fingerprint density at radius 3 is 2.77 bits per heavy atom. The zero-order chi connectivity index (χ0) is 17.8. The fraction of sp³-hybridized carbons (Fsp3) is 0.105. The molecule has 0 atom stereocenters. The monoisotopic (exact) mass is 345 g/mol. The molecule has 0 spiro atoms. The van der Waals surface area contributed by atoms with E-state index in [1.54, 1.807) is 0 Å². The normalized spacial score (nSPS) is 14.8. The van der Waals surface area contributed by atoms with Gasteiger partial charge in [0.05, 0.1) is 11.0 Å². The molecule has 1 aromatic heterocycles. The molecule has 128 valence electrons. The van der Waals surface area contributed by atoms with Crippen LogP contribution in [-0.2, 0) is 0 Å². The van der Waals surface area contributed by atoms with Crippen molar-refractivity contribution in [2.45, 2.75) is 6.42 Å². The lowest BCUT2D eigenvalue weighted by Crippen LogP contribution is -2.28. The van der Waals surface area contributed by atoms with E-state index in [0.717, 1.165) is 33.0 Å². The van der Waals surface area contributed by atoms with Crippen molar-refractivity contribution in [2.24, 2.45) is 4.99 Å². The molecule has 5 rings (SSSR count). The number of nitrogen functional groups attached to an aromatic ring is 1. The van der Waals surface area contributed by atoms with Crippen LogP contribution in [0.5, 0.6) is 5.88 Å².